The number of esters is 1. The van der Waals surface area contributed by atoms with Crippen molar-refractivity contribution in [1.82, 2.24) is 4.90 Å². The number of nitrogens with one attached hydrogen (secondary N) is 1. The highest BCUT2D eigenvalue weighted by Gasteiger charge is 2.59. The van der Waals surface area contributed by atoms with E-state index in [1.54, 1.807) is 18.2 Å². The number of fused-ring (bicyclic) bond motifs is 5. The number of imide groups is 1. The third-order valence-electron chi connectivity index (χ3n) is 5.42. The van der Waals surface area contributed by atoms with E-state index in [2.05, 4.69) is 21.2 Å². The molecule has 1 aromatic rings. The summed E-state index contributed by atoms with van der Waals surface area (Å²) in [6.07, 6.45) is 4.79. The molecule has 7 nitrogen and oxygen atoms in total. The first-order valence-corrected chi connectivity index (χ1v) is 9.96. The van der Waals surface area contributed by atoms with Gasteiger partial charge in [-0.1, -0.05) is 39.7 Å². The summed E-state index contributed by atoms with van der Waals surface area (Å²) in [5.41, 5.74) is 0.381. The van der Waals surface area contributed by atoms with E-state index >= 15 is 0 Å². The Morgan fingerprint density at radius 2 is 1.82 bits per heavy atom. The van der Waals surface area contributed by atoms with Crippen molar-refractivity contribution in [3.8, 4) is 0 Å². The summed E-state index contributed by atoms with van der Waals surface area (Å²) >= 11 is 9.28. The molecular formula is C19H16BrClN2O5. The molecule has 0 aromatic heterocycles. The molecule has 1 saturated heterocycles. The molecule has 2 fully saturated rings. The Labute approximate surface area is 174 Å². The van der Waals surface area contributed by atoms with E-state index in [-0.39, 0.29) is 35.5 Å². The minimum Gasteiger partial charge on any atom is -0.454 e. The fraction of sp³-hybridized carbons (Fsp3) is 0.368. The minimum absolute atomic E-state index is 0.0777. The number of amides is 3. The highest BCUT2D eigenvalue weighted by Crippen LogP contribution is 2.52. The molecule has 1 aliphatic heterocycles. The standard InChI is InChI=1S/C19H16BrClN2O5/c20-11-3-4-13(12(21)6-11)22-14(24)8-28-15(25)7-23-18(26)16-9-1-2-10(5-9)17(16)19(23)27/h1-4,6,9-10,16-17H,5,7-8H2,(H,22,24)/t9-,10-,16-,17+/m0/s1. The number of hydrogen-bond donors (Lipinski definition) is 1. The highest BCUT2D eigenvalue weighted by molar-refractivity contribution is 9.10. The van der Waals surface area contributed by atoms with Crippen LogP contribution in [0.3, 0.4) is 0 Å². The van der Waals surface area contributed by atoms with Crippen LogP contribution < -0.4 is 5.32 Å². The number of likely N-dealkylation sites (tertiary alicyclic amines) is 1. The van der Waals surface area contributed by atoms with Gasteiger partial charge in [0, 0.05) is 4.47 Å². The summed E-state index contributed by atoms with van der Waals surface area (Å²) in [4.78, 5) is 50.1. The molecule has 1 N–H and O–H groups in total. The summed E-state index contributed by atoms with van der Waals surface area (Å²) in [5, 5.41) is 2.86. The SMILES string of the molecule is O=C(COC(=O)CN1C(=O)[C@@H]2[C@H](C1=O)[C@H]1C=C[C@H]2C1)Nc1ccc(Br)cc1Cl. The second-order valence-electron chi connectivity index (χ2n) is 7.10. The van der Waals surface area contributed by atoms with Crippen molar-refractivity contribution < 1.29 is 23.9 Å². The van der Waals surface area contributed by atoms with Gasteiger partial charge in [0.1, 0.15) is 6.54 Å². The van der Waals surface area contributed by atoms with Crippen LogP contribution in [0.5, 0.6) is 0 Å². The summed E-state index contributed by atoms with van der Waals surface area (Å²) < 4.78 is 5.68. The topological polar surface area (TPSA) is 92.8 Å². The van der Waals surface area contributed by atoms with Gasteiger partial charge in [0.15, 0.2) is 6.61 Å². The van der Waals surface area contributed by atoms with E-state index < -0.39 is 25.0 Å². The van der Waals surface area contributed by atoms with Gasteiger partial charge in [-0.3, -0.25) is 24.1 Å². The van der Waals surface area contributed by atoms with Gasteiger partial charge in [0.25, 0.3) is 5.91 Å². The number of halogens is 2. The van der Waals surface area contributed by atoms with Crippen molar-refractivity contribution in [3.63, 3.8) is 0 Å². The van der Waals surface area contributed by atoms with Crippen molar-refractivity contribution in [2.24, 2.45) is 23.7 Å². The zero-order valence-corrected chi connectivity index (χ0v) is 16.9. The zero-order chi connectivity index (χ0) is 20.0. The van der Waals surface area contributed by atoms with E-state index in [4.69, 9.17) is 16.3 Å². The minimum atomic E-state index is -0.806. The first kappa shape index (κ1) is 19.1. The quantitative estimate of drug-likeness (QED) is 0.408. The summed E-state index contributed by atoms with van der Waals surface area (Å²) in [7, 11) is 0. The Balaban J connectivity index is 1.30. The molecule has 0 spiro atoms. The molecule has 1 saturated carbocycles. The second kappa shape index (κ2) is 7.33. The maximum absolute atomic E-state index is 12.5. The van der Waals surface area contributed by atoms with Crippen molar-refractivity contribution in [3.05, 3.63) is 39.8 Å². The Morgan fingerprint density at radius 1 is 1.18 bits per heavy atom. The summed E-state index contributed by atoms with van der Waals surface area (Å²) in [5.74, 6) is -2.60. The molecule has 0 unspecified atom stereocenters. The Kier molecular flexibility index (Phi) is 5.01. The average molecular weight is 468 g/mol. The van der Waals surface area contributed by atoms with Crippen LogP contribution in [0.4, 0.5) is 5.69 Å². The first-order chi connectivity index (χ1) is 13.3. The first-order valence-electron chi connectivity index (χ1n) is 8.79. The maximum Gasteiger partial charge on any atom is 0.326 e. The Bertz CT molecular complexity index is 888. The van der Waals surface area contributed by atoms with E-state index in [1.807, 2.05) is 12.2 Å². The molecule has 2 bridgehead atoms. The highest BCUT2D eigenvalue weighted by atomic mass is 79.9. The molecule has 3 amide bonds. The van der Waals surface area contributed by atoms with Gasteiger partial charge in [0.2, 0.25) is 11.8 Å². The number of rotatable bonds is 5. The average Bonchev–Trinajstić information content (AvgIpc) is 3.32. The van der Waals surface area contributed by atoms with Gasteiger partial charge in [-0.25, -0.2) is 0 Å². The Morgan fingerprint density at radius 3 is 2.43 bits per heavy atom. The lowest BCUT2D eigenvalue weighted by atomic mass is 9.85. The van der Waals surface area contributed by atoms with Crippen molar-refractivity contribution >= 4 is 56.9 Å². The molecule has 0 radical (unpaired) electrons. The molecule has 28 heavy (non-hydrogen) atoms. The van der Waals surface area contributed by atoms with Gasteiger partial charge in [-0.2, -0.15) is 0 Å². The molecule has 9 heteroatoms. The number of hydrogen-bond acceptors (Lipinski definition) is 5. The number of carbonyl (C=O) groups excluding carboxylic acids is 4. The monoisotopic (exact) mass is 466 g/mol. The third-order valence-corrected chi connectivity index (χ3v) is 6.22. The van der Waals surface area contributed by atoms with Crippen molar-refractivity contribution in [1.29, 1.82) is 0 Å². The number of nitrogens with zero attached hydrogens (tertiary/aromatic N) is 1. The largest absolute Gasteiger partial charge is 0.454 e. The molecule has 146 valence electrons. The van der Waals surface area contributed by atoms with E-state index in [9.17, 15) is 19.2 Å². The van der Waals surface area contributed by atoms with Gasteiger partial charge >= 0.3 is 5.97 Å². The van der Waals surface area contributed by atoms with Gasteiger partial charge < -0.3 is 10.1 Å². The fourth-order valence-electron chi connectivity index (χ4n) is 4.22. The van der Waals surface area contributed by atoms with Crippen LogP contribution in [0.25, 0.3) is 0 Å². The van der Waals surface area contributed by atoms with Crippen LogP contribution in [0.2, 0.25) is 5.02 Å². The normalized spacial score (nSPS) is 27.3. The van der Waals surface area contributed by atoms with E-state index in [0.29, 0.717) is 10.7 Å². The predicted octanol–water partition coefficient (Wildman–Crippen LogP) is 2.39. The molecule has 4 rings (SSSR count). The number of benzene rings is 1. The molecule has 3 aliphatic rings. The van der Waals surface area contributed by atoms with Crippen LogP contribution in [-0.4, -0.2) is 41.7 Å². The van der Waals surface area contributed by atoms with E-state index in [0.717, 1.165) is 15.8 Å². The molecule has 4 atom stereocenters. The lowest BCUT2D eigenvalue weighted by Gasteiger charge is -2.16. The van der Waals surface area contributed by atoms with E-state index in [1.165, 1.54) is 0 Å². The number of ether oxygens (including phenoxy) is 1. The van der Waals surface area contributed by atoms with Gasteiger partial charge in [-0.05, 0) is 36.5 Å². The molecular weight excluding hydrogens is 452 g/mol. The number of carbonyl (C=O) groups is 4. The van der Waals surface area contributed by atoms with Gasteiger partial charge in [-0.15, -0.1) is 0 Å². The molecule has 1 aromatic carbocycles. The summed E-state index contributed by atoms with van der Waals surface area (Å²) in [6.45, 7) is -1.02. The lowest BCUT2D eigenvalue weighted by molar-refractivity contribution is -0.154. The van der Waals surface area contributed by atoms with Crippen molar-refractivity contribution in [2.75, 3.05) is 18.5 Å². The van der Waals surface area contributed by atoms with Crippen LogP contribution >= 0.6 is 27.5 Å². The second-order valence-corrected chi connectivity index (χ2v) is 8.42. The predicted molar refractivity (Wildman–Crippen MR) is 103 cm³/mol. The number of anilines is 1. The lowest BCUT2D eigenvalue weighted by Crippen LogP contribution is -2.38. The van der Waals surface area contributed by atoms with Gasteiger partial charge in [0.05, 0.1) is 22.5 Å². The fourth-order valence-corrected chi connectivity index (χ4v) is 4.94. The van der Waals surface area contributed by atoms with Crippen LogP contribution in [0, 0.1) is 23.7 Å². The summed E-state index contributed by atoms with van der Waals surface area (Å²) in [6, 6.07) is 4.93. The number of allylic oxidation sites excluding steroid dienone is 2. The molecule has 1 heterocycles. The van der Waals surface area contributed by atoms with Crippen LogP contribution in [-0.2, 0) is 23.9 Å². The Hall–Kier alpha value is -2.19. The zero-order valence-electron chi connectivity index (χ0n) is 14.6. The van der Waals surface area contributed by atoms with Crippen molar-refractivity contribution in [2.45, 2.75) is 6.42 Å². The van der Waals surface area contributed by atoms with Crippen LogP contribution in [0.1, 0.15) is 6.42 Å². The maximum atomic E-state index is 12.5. The smallest absolute Gasteiger partial charge is 0.326 e. The molecule has 2 aliphatic carbocycles. The van der Waals surface area contributed by atoms with Crippen LogP contribution in [0.15, 0.2) is 34.8 Å². The third kappa shape index (κ3) is 3.35.